The Hall–Kier alpha value is -2.22. The fourth-order valence-electron chi connectivity index (χ4n) is 3.45. The largest absolute Gasteiger partial charge is 0.348 e. The Morgan fingerprint density at radius 2 is 1.66 bits per heavy atom. The molecule has 6 nitrogen and oxygen atoms in total. The predicted molar refractivity (Wildman–Crippen MR) is 115 cm³/mol. The topological polar surface area (TPSA) is 69.7 Å². The van der Waals surface area contributed by atoms with Gasteiger partial charge in [0.1, 0.15) is 0 Å². The molecule has 0 unspecified atom stereocenters. The molecule has 0 bridgehead atoms. The molecule has 0 atom stereocenters. The highest BCUT2D eigenvalue weighted by atomic mass is 32.2. The summed E-state index contributed by atoms with van der Waals surface area (Å²) in [5.74, 6) is 0.0681. The molecule has 7 heteroatoms. The van der Waals surface area contributed by atoms with Gasteiger partial charge in [-0.25, -0.2) is 8.42 Å². The summed E-state index contributed by atoms with van der Waals surface area (Å²) in [7, 11) is -3.10. The van der Waals surface area contributed by atoms with Gasteiger partial charge in [-0.05, 0) is 42.7 Å². The molecule has 1 heterocycles. The van der Waals surface area contributed by atoms with Gasteiger partial charge in [-0.1, -0.05) is 36.4 Å². The average Bonchev–Trinajstić information content (AvgIpc) is 2.74. The lowest BCUT2D eigenvalue weighted by Gasteiger charge is -2.33. The Morgan fingerprint density at radius 1 is 1.00 bits per heavy atom. The molecule has 0 aliphatic carbocycles. The van der Waals surface area contributed by atoms with E-state index in [4.69, 9.17) is 0 Å². The smallest absolute Gasteiger partial charge is 0.251 e. The van der Waals surface area contributed by atoms with E-state index in [-0.39, 0.29) is 11.7 Å². The number of hydrogen-bond acceptors (Lipinski definition) is 4. The number of piperazine rings is 1. The summed E-state index contributed by atoms with van der Waals surface area (Å²) >= 11 is 0. The van der Waals surface area contributed by atoms with Crippen molar-refractivity contribution in [3.63, 3.8) is 0 Å². The highest BCUT2D eigenvalue weighted by Gasteiger charge is 2.25. The van der Waals surface area contributed by atoms with E-state index in [1.54, 1.807) is 11.2 Å². The number of nitrogens with zero attached hydrogens (tertiary/aromatic N) is 2. The summed E-state index contributed by atoms with van der Waals surface area (Å²) in [5.41, 5.74) is 4.03. The first-order chi connectivity index (χ1) is 13.9. The minimum atomic E-state index is -3.10. The fourth-order valence-corrected chi connectivity index (χ4v) is 4.54. The second-order valence-electron chi connectivity index (χ2n) is 7.38. The molecule has 29 heavy (non-hydrogen) atoms. The van der Waals surface area contributed by atoms with Gasteiger partial charge in [-0.15, -0.1) is 0 Å². The Labute approximate surface area is 173 Å². The normalized spacial score (nSPS) is 15.9. The summed E-state index contributed by atoms with van der Waals surface area (Å²) in [4.78, 5) is 14.7. The molecule has 2 aromatic carbocycles. The highest BCUT2D eigenvalue weighted by Crippen LogP contribution is 2.13. The van der Waals surface area contributed by atoms with E-state index in [9.17, 15) is 13.2 Å². The summed E-state index contributed by atoms with van der Waals surface area (Å²) < 4.78 is 25.5. The molecular formula is C22H29N3O3S. The van der Waals surface area contributed by atoms with Crippen LogP contribution in [0.15, 0.2) is 48.5 Å². The van der Waals surface area contributed by atoms with Crippen LogP contribution in [0.1, 0.15) is 34.0 Å². The zero-order valence-corrected chi connectivity index (χ0v) is 17.9. The molecule has 0 saturated carbocycles. The van der Waals surface area contributed by atoms with Crippen molar-refractivity contribution < 1.29 is 13.2 Å². The Bertz CT molecular complexity index is 934. The van der Waals surface area contributed by atoms with Crippen molar-refractivity contribution >= 4 is 15.9 Å². The molecule has 1 N–H and O–H groups in total. The van der Waals surface area contributed by atoms with E-state index in [1.807, 2.05) is 55.5 Å². The molecule has 1 aliphatic rings. The number of rotatable bonds is 7. The van der Waals surface area contributed by atoms with Crippen LogP contribution in [0.3, 0.4) is 0 Å². The fraction of sp³-hybridized carbons (Fsp3) is 0.409. The first-order valence-electron chi connectivity index (χ1n) is 10.0. The van der Waals surface area contributed by atoms with Crippen LogP contribution in [0.4, 0.5) is 0 Å². The molecule has 2 aromatic rings. The van der Waals surface area contributed by atoms with Gasteiger partial charge >= 0.3 is 0 Å². The van der Waals surface area contributed by atoms with Gasteiger partial charge in [-0.3, -0.25) is 9.69 Å². The number of sulfonamides is 1. The molecule has 1 saturated heterocycles. The van der Waals surface area contributed by atoms with Crippen molar-refractivity contribution in [1.29, 1.82) is 0 Å². The van der Waals surface area contributed by atoms with Crippen LogP contribution in [0.5, 0.6) is 0 Å². The molecule has 156 valence electrons. The Morgan fingerprint density at radius 3 is 2.28 bits per heavy atom. The summed E-state index contributed by atoms with van der Waals surface area (Å²) in [6.07, 6.45) is 0. The van der Waals surface area contributed by atoms with Crippen molar-refractivity contribution in [2.24, 2.45) is 0 Å². The highest BCUT2D eigenvalue weighted by molar-refractivity contribution is 7.89. The molecule has 0 aromatic heterocycles. The van der Waals surface area contributed by atoms with Crippen LogP contribution in [0, 0.1) is 6.92 Å². The van der Waals surface area contributed by atoms with Crippen LogP contribution in [0.2, 0.25) is 0 Å². The lowest BCUT2D eigenvalue weighted by atomic mass is 10.1. The third-order valence-electron chi connectivity index (χ3n) is 5.41. The van der Waals surface area contributed by atoms with Crippen LogP contribution in [-0.4, -0.2) is 55.5 Å². The minimum absolute atomic E-state index is 0.0850. The van der Waals surface area contributed by atoms with E-state index in [0.29, 0.717) is 25.2 Å². The number of benzene rings is 2. The lowest BCUT2D eigenvalue weighted by Crippen LogP contribution is -2.48. The van der Waals surface area contributed by atoms with Crippen molar-refractivity contribution in [1.82, 2.24) is 14.5 Å². The Balaban J connectivity index is 1.50. The number of nitrogens with one attached hydrogen (secondary N) is 1. The van der Waals surface area contributed by atoms with E-state index in [0.717, 1.165) is 36.3 Å². The van der Waals surface area contributed by atoms with Gasteiger partial charge in [-0.2, -0.15) is 4.31 Å². The summed E-state index contributed by atoms with van der Waals surface area (Å²) in [5, 5.41) is 2.97. The zero-order valence-electron chi connectivity index (χ0n) is 17.1. The zero-order chi connectivity index (χ0) is 20.9. The second-order valence-corrected chi connectivity index (χ2v) is 9.64. The standard InChI is InChI=1S/C22H29N3O3S/c1-3-29(27,28)25-14-12-24(13-15-25)17-19-8-10-20(11-9-19)22(26)23-16-21-7-5-4-6-18(21)2/h4-11H,3,12-17H2,1-2H3,(H,23,26). The molecule has 1 aliphatic heterocycles. The van der Waals surface area contributed by atoms with Crippen molar-refractivity contribution in [3.8, 4) is 0 Å². The van der Waals surface area contributed by atoms with Crippen LogP contribution >= 0.6 is 0 Å². The maximum absolute atomic E-state index is 12.4. The summed E-state index contributed by atoms with van der Waals surface area (Å²) in [6.45, 7) is 7.50. The molecular weight excluding hydrogens is 386 g/mol. The van der Waals surface area contributed by atoms with Crippen LogP contribution < -0.4 is 5.32 Å². The van der Waals surface area contributed by atoms with Gasteiger partial charge in [0.15, 0.2) is 0 Å². The van der Waals surface area contributed by atoms with Gasteiger partial charge in [0.2, 0.25) is 10.0 Å². The van der Waals surface area contributed by atoms with Crippen LogP contribution in [0.25, 0.3) is 0 Å². The third-order valence-corrected chi connectivity index (χ3v) is 7.29. The SMILES string of the molecule is CCS(=O)(=O)N1CCN(Cc2ccc(C(=O)NCc3ccccc3C)cc2)CC1. The number of carbonyl (C=O) groups is 1. The molecule has 3 rings (SSSR count). The van der Waals surface area contributed by atoms with Crippen molar-refractivity contribution in [2.75, 3.05) is 31.9 Å². The number of amides is 1. The number of carbonyl (C=O) groups excluding carboxylic acids is 1. The first kappa shape index (κ1) is 21.5. The van der Waals surface area contributed by atoms with Crippen LogP contribution in [-0.2, 0) is 23.1 Å². The Kier molecular flexibility index (Phi) is 7.05. The maximum Gasteiger partial charge on any atom is 0.251 e. The van der Waals surface area contributed by atoms with E-state index in [1.165, 1.54) is 0 Å². The van der Waals surface area contributed by atoms with Gasteiger partial charge in [0, 0.05) is 44.8 Å². The molecule has 1 fully saturated rings. The molecule has 1 amide bonds. The second kappa shape index (κ2) is 9.52. The maximum atomic E-state index is 12.4. The number of hydrogen-bond donors (Lipinski definition) is 1. The minimum Gasteiger partial charge on any atom is -0.348 e. The van der Waals surface area contributed by atoms with E-state index >= 15 is 0 Å². The number of aryl methyl sites for hydroxylation is 1. The summed E-state index contributed by atoms with van der Waals surface area (Å²) in [6, 6.07) is 15.6. The van der Waals surface area contributed by atoms with E-state index in [2.05, 4.69) is 10.2 Å². The van der Waals surface area contributed by atoms with E-state index < -0.39 is 10.0 Å². The molecule has 0 spiro atoms. The lowest BCUT2D eigenvalue weighted by molar-refractivity contribution is 0.0951. The first-order valence-corrected chi connectivity index (χ1v) is 11.6. The average molecular weight is 416 g/mol. The quantitative estimate of drug-likeness (QED) is 0.754. The molecule has 0 radical (unpaired) electrons. The van der Waals surface area contributed by atoms with Gasteiger partial charge in [0.25, 0.3) is 5.91 Å². The van der Waals surface area contributed by atoms with Gasteiger partial charge in [0.05, 0.1) is 5.75 Å². The predicted octanol–water partition coefficient (Wildman–Crippen LogP) is 2.39. The van der Waals surface area contributed by atoms with Gasteiger partial charge < -0.3 is 5.32 Å². The third kappa shape index (κ3) is 5.65. The monoisotopic (exact) mass is 415 g/mol. The van der Waals surface area contributed by atoms with Crippen molar-refractivity contribution in [2.45, 2.75) is 26.9 Å². The van der Waals surface area contributed by atoms with Crippen molar-refractivity contribution in [3.05, 3.63) is 70.8 Å².